The van der Waals surface area contributed by atoms with E-state index in [1.807, 2.05) is 0 Å². The number of carboxylic acids is 2. The molecule has 0 fully saturated rings. The predicted octanol–water partition coefficient (Wildman–Crippen LogP) is -6.59. The fourth-order valence-electron chi connectivity index (χ4n) is 0.868. The summed E-state index contributed by atoms with van der Waals surface area (Å²) in [6, 6.07) is 0. The van der Waals surface area contributed by atoms with Gasteiger partial charge in [-0.2, -0.15) is 0 Å². The van der Waals surface area contributed by atoms with Gasteiger partial charge in [0.15, 0.2) is 5.60 Å². The molecule has 0 heterocycles. The number of carbonyl (C=O) groups is 3. The second kappa shape index (κ2) is 24.0. The summed E-state index contributed by atoms with van der Waals surface area (Å²) in [5.74, 6) is -5.47. The first-order chi connectivity index (χ1) is 7.46. The van der Waals surface area contributed by atoms with Crippen LogP contribution in [0.4, 0.5) is 0 Å². The van der Waals surface area contributed by atoms with Crippen molar-refractivity contribution in [1.82, 2.24) is 0 Å². The van der Waals surface area contributed by atoms with Crippen LogP contribution in [0.2, 0.25) is 0 Å². The average Bonchev–Trinajstić information content (AvgIpc) is 1.96. The zero-order chi connectivity index (χ0) is 13.9. The Labute approximate surface area is 288 Å². The first kappa shape index (κ1) is 51.4. The van der Waals surface area contributed by atoms with Gasteiger partial charge in [-0.1, -0.05) is 0 Å². The molecule has 9 N–H and O–H groups in total. The van der Waals surface area contributed by atoms with E-state index in [1.54, 1.807) is 0 Å². The third-order valence-corrected chi connectivity index (χ3v) is 1.94. The van der Waals surface area contributed by atoms with E-state index in [1.165, 1.54) is 0 Å². The number of carbonyl (C=O) groups excluding carboxylic acids is 1. The molecule has 12 nitrogen and oxygen atoms in total. The third kappa shape index (κ3) is 26.7. The molecule has 0 spiro atoms. The van der Waals surface area contributed by atoms with Gasteiger partial charge in [-0.25, -0.2) is 9.36 Å². The number of aliphatic carboxylic acids is 2. The van der Waals surface area contributed by atoms with Gasteiger partial charge in [0, 0.05) is 0 Å². The van der Waals surface area contributed by atoms with Gasteiger partial charge < -0.3 is 30.8 Å². The van der Waals surface area contributed by atoms with Gasteiger partial charge in [0.25, 0.3) is 0 Å². The Morgan fingerprint density at radius 2 is 1.25 bits per heavy atom. The van der Waals surface area contributed by atoms with Crippen LogP contribution in [0, 0.1) is 0 Å². The van der Waals surface area contributed by atoms with Crippen molar-refractivity contribution < 1.29 is 59.5 Å². The average molecular weight is 460 g/mol. The number of hydrogen-bond donors (Lipinski definition) is 5. The van der Waals surface area contributed by atoms with Crippen molar-refractivity contribution in [3.05, 3.63) is 0 Å². The topological polar surface area (TPSA) is 242 Å². The summed E-state index contributed by atoms with van der Waals surface area (Å²) in [7, 11) is -5.17. The number of phosphoric acid groups is 1. The molecule has 0 aliphatic rings. The van der Waals surface area contributed by atoms with Gasteiger partial charge in [-0.3, -0.25) is 19.4 Å². The molecule has 0 aliphatic carbocycles. The van der Waals surface area contributed by atoms with Crippen molar-refractivity contribution in [3.8, 4) is 0 Å². The Bertz CT molecular complexity index is 406. The van der Waals surface area contributed by atoms with E-state index >= 15 is 0 Å². The third-order valence-electron chi connectivity index (χ3n) is 1.50. The normalized spacial score (nSPS) is 10.5. The molecule has 24 heavy (non-hydrogen) atoms. The second-order valence-electron chi connectivity index (χ2n) is 3.04. The van der Waals surface area contributed by atoms with Crippen LogP contribution < -0.4 is 0 Å². The van der Waals surface area contributed by atoms with Crippen molar-refractivity contribution in [3.63, 3.8) is 0 Å². The Hall–Kier alpha value is 4.71. The SMILES string of the molecule is O.O.O=C(O)CC(O)(CC(=O)OP(=O)(O)O)C(=O)O.[KH].[KH].[NaH].[NaH].[NaH]. The van der Waals surface area contributed by atoms with E-state index in [0.717, 1.165) is 0 Å². The van der Waals surface area contributed by atoms with Gasteiger partial charge in [-0.05, 0) is 0 Å². The predicted molar refractivity (Wildman–Crippen MR) is 90.6 cm³/mol. The molecule has 18 heteroatoms. The molecular formula is C6H18K2Na3O12P. The fraction of sp³-hybridized carbons (Fsp3) is 0.500. The van der Waals surface area contributed by atoms with Crippen LogP contribution in [-0.2, 0) is 23.5 Å². The van der Waals surface area contributed by atoms with Crippen molar-refractivity contribution in [1.29, 1.82) is 0 Å². The van der Waals surface area contributed by atoms with Crippen molar-refractivity contribution in [2.45, 2.75) is 18.4 Å². The van der Waals surface area contributed by atoms with Crippen LogP contribution in [0.1, 0.15) is 12.8 Å². The molecule has 0 radical (unpaired) electrons. The summed E-state index contributed by atoms with van der Waals surface area (Å²) >= 11 is 0. The van der Waals surface area contributed by atoms with Crippen LogP contribution in [0.25, 0.3) is 0 Å². The maximum absolute atomic E-state index is 10.8. The number of carboxylic acid groups (broad SMARTS) is 2. The Kier molecular flexibility index (Phi) is 51.4. The molecule has 0 aromatic heterocycles. The number of hydrogen-bond acceptors (Lipinski definition) is 6. The number of rotatable bonds is 6. The molecule has 0 saturated heterocycles. The quantitative estimate of drug-likeness (QED) is 0.185. The summed E-state index contributed by atoms with van der Waals surface area (Å²) in [4.78, 5) is 48.1. The van der Waals surface area contributed by atoms with Crippen molar-refractivity contribution >= 4 is 217 Å². The van der Waals surface area contributed by atoms with Crippen LogP contribution in [0.3, 0.4) is 0 Å². The molecular weight excluding hydrogens is 442 g/mol. The molecule has 1 atom stereocenters. The second-order valence-corrected chi connectivity index (χ2v) is 4.20. The summed E-state index contributed by atoms with van der Waals surface area (Å²) < 4.78 is 13.7. The standard InChI is InChI=1S/C6H9O10P.2K.3Na.2H2O.5H/c7-3(8)1-6(12,5(10)11)2-4(9)16-17(13,14)15;;;;;;;;;;;;/h12H,1-2H2,(H,7,8)(H,10,11)(H2,13,14,15);;;;;;2*1H2;;;;;. The molecule has 0 saturated carbocycles. The molecule has 1 unspecified atom stereocenters. The first-order valence-electron chi connectivity index (χ1n) is 3.92. The van der Waals surface area contributed by atoms with Crippen LogP contribution in [0.15, 0.2) is 0 Å². The summed E-state index contributed by atoms with van der Waals surface area (Å²) in [5, 5.41) is 26.1. The van der Waals surface area contributed by atoms with Crippen LogP contribution in [-0.4, -0.2) is 251 Å². The molecule has 0 aromatic carbocycles. The molecule has 0 aromatic rings. The maximum atomic E-state index is 10.8. The van der Waals surface area contributed by atoms with Gasteiger partial charge in [0.2, 0.25) is 0 Å². The number of aliphatic hydroxyl groups is 1. The van der Waals surface area contributed by atoms with E-state index in [4.69, 9.17) is 20.0 Å². The molecule has 0 amide bonds. The monoisotopic (exact) mass is 460 g/mol. The zero-order valence-corrected chi connectivity index (χ0v) is 10.0. The summed E-state index contributed by atoms with van der Waals surface area (Å²) in [6.45, 7) is 0. The Morgan fingerprint density at radius 1 is 0.917 bits per heavy atom. The van der Waals surface area contributed by atoms with Gasteiger partial charge in [0.1, 0.15) is 0 Å². The molecule has 124 valence electrons. The van der Waals surface area contributed by atoms with Crippen LogP contribution >= 0.6 is 7.82 Å². The van der Waals surface area contributed by atoms with Crippen molar-refractivity contribution in [2.75, 3.05) is 0 Å². The summed E-state index contributed by atoms with van der Waals surface area (Å²) in [6.07, 6.45) is -2.72. The number of phosphoric ester groups is 1. The van der Waals surface area contributed by atoms with Gasteiger partial charge >= 0.3 is 217 Å². The molecule has 0 rings (SSSR count). The van der Waals surface area contributed by atoms with E-state index < -0.39 is 44.2 Å². The fourth-order valence-corrected chi connectivity index (χ4v) is 1.20. The van der Waals surface area contributed by atoms with E-state index in [9.17, 15) is 24.1 Å². The van der Waals surface area contributed by atoms with Gasteiger partial charge in [-0.15, -0.1) is 0 Å². The Morgan fingerprint density at radius 3 is 1.46 bits per heavy atom. The van der Waals surface area contributed by atoms with E-state index in [-0.39, 0.29) is 202 Å². The minimum atomic E-state index is -5.17. The van der Waals surface area contributed by atoms with Gasteiger partial charge in [0.05, 0.1) is 12.8 Å². The van der Waals surface area contributed by atoms with E-state index in [0.29, 0.717) is 0 Å². The molecule has 0 bridgehead atoms. The van der Waals surface area contributed by atoms with Crippen LogP contribution in [0.5, 0.6) is 0 Å². The minimum absolute atomic E-state index is 0. The molecule has 0 aliphatic heterocycles. The Balaban J connectivity index is -0.0000000610. The summed E-state index contributed by atoms with van der Waals surface area (Å²) in [5.41, 5.74) is -2.99. The van der Waals surface area contributed by atoms with Crippen molar-refractivity contribution in [2.24, 2.45) is 0 Å². The zero-order valence-electron chi connectivity index (χ0n) is 9.14. The van der Waals surface area contributed by atoms with E-state index in [2.05, 4.69) is 4.52 Å². The first-order valence-corrected chi connectivity index (χ1v) is 5.45.